The Morgan fingerprint density at radius 3 is 2.30 bits per heavy atom. The van der Waals surface area contributed by atoms with Crippen molar-refractivity contribution in [2.45, 2.75) is 37.8 Å². The molecule has 7 heteroatoms. The number of urea groups is 1. The molecule has 0 saturated heterocycles. The summed E-state index contributed by atoms with van der Waals surface area (Å²) in [5.74, 6) is 0.624. The second kappa shape index (κ2) is 4.64. The molecule has 0 radical (unpaired) electrons. The van der Waals surface area contributed by atoms with Gasteiger partial charge in [-0.25, -0.2) is 9.59 Å². The Kier molecular flexibility index (Phi) is 3.07. The number of rotatable bonds is 5. The fourth-order valence-corrected chi connectivity index (χ4v) is 4.27. The van der Waals surface area contributed by atoms with Crippen molar-refractivity contribution in [3.8, 4) is 0 Å². The number of fused-ring (bicyclic) bond motifs is 5. The molecule has 5 unspecified atom stereocenters. The molecule has 5 atom stereocenters. The maximum Gasteiger partial charge on any atom is 0.326 e. The van der Waals surface area contributed by atoms with Gasteiger partial charge in [-0.3, -0.25) is 4.79 Å². The van der Waals surface area contributed by atoms with Crippen LogP contribution >= 0.6 is 0 Å². The number of aliphatic carboxylic acids is 1. The number of carbonyl (C=O) groups is 3. The Hall–Kier alpha value is -1.79. The molecular weight excluding hydrogens is 262 g/mol. The first kappa shape index (κ1) is 13.2. The van der Waals surface area contributed by atoms with Crippen LogP contribution in [0.1, 0.15) is 25.7 Å². The normalized spacial score (nSPS) is 37.9. The highest BCUT2D eigenvalue weighted by Gasteiger charge is 2.65. The summed E-state index contributed by atoms with van der Waals surface area (Å²) in [6, 6.07) is -1.59. The van der Waals surface area contributed by atoms with Gasteiger partial charge in [0.05, 0.1) is 6.42 Å². The lowest BCUT2D eigenvalue weighted by Crippen LogP contribution is -2.48. The highest BCUT2D eigenvalue weighted by atomic mass is 16.4. The molecule has 3 amide bonds. The van der Waals surface area contributed by atoms with Crippen LogP contribution in [0.5, 0.6) is 0 Å². The van der Waals surface area contributed by atoms with Crippen molar-refractivity contribution < 1.29 is 19.5 Å². The van der Waals surface area contributed by atoms with Crippen molar-refractivity contribution in [1.29, 1.82) is 0 Å². The maximum absolute atomic E-state index is 11.8. The van der Waals surface area contributed by atoms with Gasteiger partial charge >= 0.3 is 12.0 Å². The topological polar surface area (TPSA) is 122 Å². The average Bonchev–Trinajstić information content (AvgIpc) is 2.76. The van der Waals surface area contributed by atoms with E-state index in [0.717, 1.165) is 11.8 Å². The Bertz CT molecular complexity index is 451. The van der Waals surface area contributed by atoms with Crippen LogP contribution in [0.25, 0.3) is 0 Å². The molecule has 3 rings (SSSR count). The number of primary amides is 1. The van der Waals surface area contributed by atoms with E-state index in [1.807, 2.05) is 0 Å². The van der Waals surface area contributed by atoms with E-state index in [4.69, 9.17) is 10.8 Å². The second-order valence-electron chi connectivity index (χ2n) is 6.19. The van der Waals surface area contributed by atoms with Crippen LogP contribution in [-0.2, 0) is 9.59 Å². The van der Waals surface area contributed by atoms with Gasteiger partial charge in [0.15, 0.2) is 0 Å². The van der Waals surface area contributed by atoms with E-state index in [0.29, 0.717) is 11.8 Å². The molecule has 7 nitrogen and oxygen atoms in total. The van der Waals surface area contributed by atoms with Gasteiger partial charge in [0.25, 0.3) is 0 Å². The molecule has 110 valence electrons. The molecule has 3 aliphatic carbocycles. The number of carboxylic acid groups (broad SMARTS) is 1. The number of carboxylic acids is 1. The minimum absolute atomic E-state index is 0.185. The van der Waals surface area contributed by atoms with Gasteiger partial charge in [-0.15, -0.1) is 0 Å². The highest BCUT2D eigenvalue weighted by molar-refractivity contribution is 5.87. The predicted octanol–water partition coefficient (Wildman–Crippen LogP) is -0.341. The largest absolute Gasteiger partial charge is 0.480 e. The van der Waals surface area contributed by atoms with Crippen molar-refractivity contribution in [3.63, 3.8) is 0 Å². The first-order chi connectivity index (χ1) is 9.47. The number of hydrogen-bond donors (Lipinski definition) is 4. The van der Waals surface area contributed by atoms with Crippen LogP contribution in [-0.4, -0.2) is 35.1 Å². The van der Waals surface area contributed by atoms with Crippen LogP contribution in [0, 0.1) is 23.7 Å². The minimum atomic E-state index is -1.26. The van der Waals surface area contributed by atoms with Gasteiger partial charge in [-0.2, -0.15) is 0 Å². The predicted molar refractivity (Wildman–Crippen MR) is 68.5 cm³/mol. The molecule has 0 aliphatic heterocycles. The number of nitrogens with two attached hydrogens (primary N) is 1. The summed E-state index contributed by atoms with van der Waals surface area (Å²) >= 11 is 0. The Balaban J connectivity index is 1.50. The summed E-state index contributed by atoms with van der Waals surface area (Å²) in [4.78, 5) is 33.5. The highest BCUT2D eigenvalue weighted by Crippen LogP contribution is 2.65. The molecular formula is C13H19N3O4. The van der Waals surface area contributed by atoms with Crippen molar-refractivity contribution in [2.24, 2.45) is 29.4 Å². The van der Waals surface area contributed by atoms with Gasteiger partial charge in [0.1, 0.15) is 6.04 Å². The average molecular weight is 281 g/mol. The van der Waals surface area contributed by atoms with Crippen LogP contribution < -0.4 is 16.4 Å². The molecule has 3 saturated carbocycles. The molecule has 0 heterocycles. The number of amides is 3. The fourth-order valence-electron chi connectivity index (χ4n) is 4.27. The quantitative estimate of drug-likeness (QED) is 0.550. The zero-order chi connectivity index (χ0) is 14.4. The monoisotopic (exact) mass is 281 g/mol. The molecule has 5 N–H and O–H groups in total. The van der Waals surface area contributed by atoms with E-state index in [1.54, 1.807) is 0 Å². The lowest BCUT2D eigenvalue weighted by atomic mass is 10.0. The molecule has 20 heavy (non-hydrogen) atoms. The van der Waals surface area contributed by atoms with E-state index in [9.17, 15) is 14.4 Å². The number of carbonyl (C=O) groups excluding carboxylic acids is 2. The Morgan fingerprint density at radius 2 is 1.80 bits per heavy atom. The summed E-state index contributed by atoms with van der Waals surface area (Å²) in [5.41, 5.74) is 4.97. The molecule has 2 bridgehead atoms. The second-order valence-corrected chi connectivity index (χ2v) is 6.19. The third-order valence-electron chi connectivity index (χ3n) is 5.04. The molecule has 0 aromatic carbocycles. The molecule has 3 aliphatic rings. The van der Waals surface area contributed by atoms with Crippen molar-refractivity contribution >= 4 is 17.9 Å². The smallest absolute Gasteiger partial charge is 0.326 e. The van der Waals surface area contributed by atoms with Crippen molar-refractivity contribution in [3.05, 3.63) is 0 Å². The van der Waals surface area contributed by atoms with Gasteiger partial charge in [-0.05, 0) is 42.9 Å². The first-order valence-corrected chi connectivity index (χ1v) is 7.05. The number of hydrogen-bond acceptors (Lipinski definition) is 3. The maximum atomic E-state index is 11.8. The van der Waals surface area contributed by atoms with E-state index in [-0.39, 0.29) is 6.04 Å². The van der Waals surface area contributed by atoms with Crippen LogP contribution in [0.2, 0.25) is 0 Å². The first-order valence-electron chi connectivity index (χ1n) is 7.05. The Labute approximate surface area is 116 Å². The molecule has 0 aromatic rings. The van der Waals surface area contributed by atoms with Gasteiger partial charge in [-0.1, -0.05) is 0 Å². The standard InChI is InChI=1S/C13H19N3O4/c14-8(17)4-7(12(18)19)15-13(20)16-11-9-5-1-2-6(3-5)10(9)11/h5-7,9-11H,1-4H2,(H2,14,17)(H,18,19)(H2,15,16,20). The summed E-state index contributed by atoms with van der Waals surface area (Å²) in [6.07, 6.45) is 3.40. The van der Waals surface area contributed by atoms with Crippen molar-refractivity contribution in [2.75, 3.05) is 0 Å². The van der Waals surface area contributed by atoms with E-state index >= 15 is 0 Å². The van der Waals surface area contributed by atoms with Crippen LogP contribution in [0.3, 0.4) is 0 Å². The SMILES string of the molecule is NC(=O)CC(NC(=O)NC1C2C3CCC(C3)C12)C(=O)O. The molecule has 3 fully saturated rings. The summed E-state index contributed by atoms with van der Waals surface area (Å²) in [6.45, 7) is 0. The van der Waals surface area contributed by atoms with E-state index in [2.05, 4.69) is 10.6 Å². The summed E-state index contributed by atoms with van der Waals surface area (Å²) in [5, 5.41) is 14.1. The van der Waals surface area contributed by atoms with Crippen molar-refractivity contribution in [1.82, 2.24) is 10.6 Å². The third-order valence-corrected chi connectivity index (χ3v) is 5.04. The molecule has 0 aromatic heterocycles. The Morgan fingerprint density at radius 1 is 1.20 bits per heavy atom. The van der Waals surface area contributed by atoms with Gasteiger partial charge in [0, 0.05) is 6.04 Å². The zero-order valence-corrected chi connectivity index (χ0v) is 11.0. The lowest BCUT2D eigenvalue weighted by molar-refractivity contribution is -0.140. The summed E-state index contributed by atoms with van der Waals surface area (Å²) in [7, 11) is 0. The van der Waals surface area contributed by atoms with Crippen LogP contribution in [0.15, 0.2) is 0 Å². The van der Waals surface area contributed by atoms with E-state index < -0.39 is 30.4 Å². The van der Waals surface area contributed by atoms with Gasteiger partial charge < -0.3 is 21.5 Å². The fraction of sp³-hybridized carbons (Fsp3) is 0.769. The van der Waals surface area contributed by atoms with Gasteiger partial charge in [0.2, 0.25) is 5.91 Å². The lowest BCUT2D eigenvalue weighted by Gasteiger charge is -2.15. The third kappa shape index (κ3) is 2.21. The van der Waals surface area contributed by atoms with Crippen LogP contribution in [0.4, 0.5) is 4.79 Å². The van der Waals surface area contributed by atoms with E-state index in [1.165, 1.54) is 19.3 Å². The summed E-state index contributed by atoms with van der Waals surface area (Å²) < 4.78 is 0. The zero-order valence-electron chi connectivity index (χ0n) is 11.0. The molecule has 0 spiro atoms. The minimum Gasteiger partial charge on any atom is -0.480 e. The number of nitrogens with one attached hydrogen (secondary N) is 2.